The maximum Gasteiger partial charge on any atom is 0.352 e. The SMILES string of the molecule is COc1ccc(-c2c[nH]c(N/N=C(\Cc3ccccc3[N+](=O)[O-])C(=O)O)n2)cc1OC. The first-order valence-corrected chi connectivity index (χ1v) is 8.99. The van der Waals surface area contributed by atoms with Crippen molar-refractivity contribution in [3.05, 3.63) is 64.3 Å². The fraction of sp³-hybridized carbons (Fsp3) is 0.150. The number of benzene rings is 2. The van der Waals surface area contributed by atoms with E-state index in [2.05, 4.69) is 20.5 Å². The van der Waals surface area contributed by atoms with Gasteiger partial charge in [0.2, 0.25) is 5.95 Å². The number of nitrogens with one attached hydrogen (secondary N) is 2. The van der Waals surface area contributed by atoms with E-state index in [9.17, 15) is 20.0 Å². The Hall–Kier alpha value is -4.41. The van der Waals surface area contributed by atoms with Crippen LogP contribution in [0.4, 0.5) is 11.6 Å². The molecule has 0 saturated heterocycles. The summed E-state index contributed by atoms with van der Waals surface area (Å²) in [6.07, 6.45) is 1.38. The van der Waals surface area contributed by atoms with Gasteiger partial charge < -0.3 is 19.6 Å². The highest BCUT2D eigenvalue weighted by molar-refractivity contribution is 6.36. The quantitative estimate of drug-likeness (QED) is 0.269. The highest BCUT2D eigenvalue weighted by Gasteiger charge is 2.19. The molecule has 0 bridgehead atoms. The number of hydrogen-bond donors (Lipinski definition) is 3. The standard InChI is InChI=1S/C20H19N5O6/c1-30-17-8-7-12(10-18(17)31-2)15-11-21-20(22-15)24-23-14(19(26)27)9-13-5-3-4-6-16(13)25(28)29/h3-8,10-11H,9H2,1-2H3,(H,26,27)(H2,21,22,24)/b23-14+. The van der Waals surface area contributed by atoms with Gasteiger partial charge in [-0.1, -0.05) is 18.2 Å². The first-order chi connectivity index (χ1) is 14.9. The third-order valence-corrected chi connectivity index (χ3v) is 4.35. The number of methoxy groups -OCH3 is 2. The molecule has 0 amide bonds. The number of aliphatic carboxylic acids is 1. The van der Waals surface area contributed by atoms with E-state index in [4.69, 9.17) is 9.47 Å². The third-order valence-electron chi connectivity index (χ3n) is 4.35. The number of imidazole rings is 1. The zero-order chi connectivity index (χ0) is 22.4. The van der Waals surface area contributed by atoms with Gasteiger partial charge in [-0.05, 0) is 18.2 Å². The summed E-state index contributed by atoms with van der Waals surface area (Å²) in [6, 6.07) is 11.2. The lowest BCUT2D eigenvalue weighted by molar-refractivity contribution is -0.385. The Labute approximate surface area is 176 Å². The first-order valence-electron chi connectivity index (χ1n) is 8.99. The van der Waals surface area contributed by atoms with Crippen molar-refractivity contribution in [2.75, 3.05) is 19.6 Å². The minimum absolute atomic E-state index is 0.176. The van der Waals surface area contributed by atoms with Crippen molar-refractivity contribution in [3.63, 3.8) is 0 Å². The van der Waals surface area contributed by atoms with Crippen LogP contribution in [0.5, 0.6) is 11.5 Å². The predicted molar refractivity (Wildman–Crippen MR) is 113 cm³/mol. The van der Waals surface area contributed by atoms with Crippen LogP contribution in [0.25, 0.3) is 11.3 Å². The highest BCUT2D eigenvalue weighted by atomic mass is 16.6. The number of aromatic amines is 1. The molecule has 3 N–H and O–H groups in total. The van der Waals surface area contributed by atoms with Crippen LogP contribution in [0.2, 0.25) is 0 Å². The van der Waals surface area contributed by atoms with E-state index in [1.807, 2.05) is 0 Å². The van der Waals surface area contributed by atoms with Crippen molar-refractivity contribution in [3.8, 4) is 22.8 Å². The van der Waals surface area contributed by atoms with Crippen molar-refractivity contribution in [2.45, 2.75) is 6.42 Å². The largest absolute Gasteiger partial charge is 0.493 e. The molecule has 3 aromatic rings. The normalized spacial score (nSPS) is 11.1. The number of para-hydroxylation sites is 1. The van der Waals surface area contributed by atoms with Gasteiger partial charge in [-0.15, -0.1) is 0 Å². The molecular weight excluding hydrogens is 406 g/mol. The van der Waals surface area contributed by atoms with Crippen molar-refractivity contribution < 1.29 is 24.3 Å². The number of anilines is 1. The van der Waals surface area contributed by atoms with E-state index in [1.54, 1.807) is 30.5 Å². The van der Waals surface area contributed by atoms with Crippen LogP contribution >= 0.6 is 0 Å². The van der Waals surface area contributed by atoms with Gasteiger partial charge in [-0.2, -0.15) is 5.10 Å². The number of rotatable bonds is 9. The van der Waals surface area contributed by atoms with E-state index < -0.39 is 10.9 Å². The molecule has 0 unspecified atom stereocenters. The Morgan fingerprint density at radius 3 is 2.65 bits per heavy atom. The summed E-state index contributed by atoms with van der Waals surface area (Å²) < 4.78 is 10.5. The van der Waals surface area contributed by atoms with Crippen molar-refractivity contribution in [1.82, 2.24) is 9.97 Å². The molecule has 0 aliphatic rings. The Kier molecular flexibility index (Phi) is 6.45. The van der Waals surface area contributed by atoms with Gasteiger partial charge in [0.15, 0.2) is 11.5 Å². The number of carboxylic acid groups (broad SMARTS) is 1. The molecule has 0 atom stereocenters. The summed E-state index contributed by atoms with van der Waals surface area (Å²) in [4.78, 5) is 29.3. The Bertz CT molecular complexity index is 1140. The molecule has 31 heavy (non-hydrogen) atoms. The monoisotopic (exact) mass is 425 g/mol. The van der Waals surface area contributed by atoms with E-state index in [0.717, 1.165) is 5.56 Å². The van der Waals surface area contributed by atoms with E-state index in [1.165, 1.54) is 32.4 Å². The molecule has 11 heteroatoms. The summed E-state index contributed by atoms with van der Waals surface area (Å²) in [6.45, 7) is 0. The predicted octanol–water partition coefficient (Wildman–Crippen LogP) is 3.10. The highest BCUT2D eigenvalue weighted by Crippen LogP contribution is 2.31. The summed E-state index contributed by atoms with van der Waals surface area (Å²) in [5, 5.41) is 24.4. The number of carbonyl (C=O) groups is 1. The number of nitrogens with zero attached hydrogens (tertiary/aromatic N) is 3. The second kappa shape index (κ2) is 9.39. The van der Waals surface area contributed by atoms with Crippen LogP contribution < -0.4 is 14.9 Å². The van der Waals surface area contributed by atoms with Gasteiger partial charge >= 0.3 is 5.97 Å². The van der Waals surface area contributed by atoms with Crippen LogP contribution in [0, 0.1) is 10.1 Å². The number of carboxylic acids is 1. The molecule has 11 nitrogen and oxygen atoms in total. The van der Waals surface area contributed by atoms with Crippen LogP contribution in [-0.4, -0.2) is 45.9 Å². The van der Waals surface area contributed by atoms with Gasteiger partial charge in [0, 0.05) is 29.8 Å². The van der Waals surface area contributed by atoms with Crippen LogP contribution in [0.15, 0.2) is 53.8 Å². The van der Waals surface area contributed by atoms with E-state index in [-0.39, 0.29) is 29.3 Å². The number of aromatic nitrogens is 2. The molecule has 0 aliphatic heterocycles. The summed E-state index contributed by atoms with van der Waals surface area (Å²) in [5.74, 6) is 0.00223. The summed E-state index contributed by atoms with van der Waals surface area (Å²) in [5.41, 5.74) is 3.61. The number of hydrogen-bond acceptors (Lipinski definition) is 8. The Morgan fingerprint density at radius 2 is 1.97 bits per heavy atom. The molecule has 3 rings (SSSR count). The number of nitro groups is 1. The van der Waals surface area contributed by atoms with E-state index in [0.29, 0.717) is 17.2 Å². The molecule has 0 radical (unpaired) electrons. The number of nitro benzene ring substituents is 1. The third kappa shape index (κ3) is 4.96. The fourth-order valence-corrected chi connectivity index (χ4v) is 2.82. The smallest absolute Gasteiger partial charge is 0.352 e. The molecule has 0 aliphatic carbocycles. The van der Waals surface area contributed by atoms with Gasteiger partial charge in [-0.25, -0.2) is 15.2 Å². The lowest BCUT2D eigenvalue weighted by Gasteiger charge is -2.08. The van der Waals surface area contributed by atoms with Crippen molar-refractivity contribution >= 4 is 23.3 Å². The fourth-order valence-electron chi connectivity index (χ4n) is 2.82. The molecular formula is C20H19N5O6. The lowest BCUT2D eigenvalue weighted by Crippen LogP contribution is -2.18. The second-order valence-electron chi connectivity index (χ2n) is 6.24. The van der Waals surface area contributed by atoms with Crippen molar-refractivity contribution in [1.29, 1.82) is 0 Å². The van der Waals surface area contributed by atoms with Crippen LogP contribution in [-0.2, 0) is 11.2 Å². The molecule has 0 fully saturated rings. The van der Waals surface area contributed by atoms with E-state index >= 15 is 0 Å². The molecule has 1 heterocycles. The lowest BCUT2D eigenvalue weighted by atomic mass is 10.1. The number of H-pyrrole nitrogens is 1. The number of hydrazone groups is 1. The van der Waals surface area contributed by atoms with Gasteiger partial charge in [0.1, 0.15) is 5.71 Å². The van der Waals surface area contributed by atoms with Gasteiger partial charge in [0.05, 0.1) is 24.8 Å². The molecule has 1 aromatic heterocycles. The summed E-state index contributed by atoms with van der Waals surface area (Å²) in [7, 11) is 3.06. The Balaban J connectivity index is 1.80. The van der Waals surface area contributed by atoms with Gasteiger partial charge in [0.25, 0.3) is 5.69 Å². The minimum Gasteiger partial charge on any atom is -0.493 e. The van der Waals surface area contributed by atoms with Crippen molar-refractivity contribution in [2.24, 2.45) is 5.10 Å². The maximum absolute atomic E-state index is 11.6. The molecule has 2 aromatic carbocycles. The minimum atomic E-state index is -1.31. The van der Waals surface area contributed by atoms with Crippen LogP contribution in [0.3, 0.4) is 0 Å². The second-order valence-corrected chi connectivity index (χ2v) is 6.24. The van der Waals surface area contributed by atoms with Gasteiger partial charge in [-0.3, -0.25) is 10.1 Å². The average molecular weight is 425 g/mol. The van der Waals surface area contributed by atoms with Crippen LogP contribution in [0.1, 0.15) is 5.56 Å². The summed E-state index contributed by atoms with van der Waals surface area (Å²) >= 11 is 0. The molecule has 160 valence electrons. The zero-order valence-corrected chi connectivity index (χ0v) is 16.7. The Morgan fingerprint density at radius 1 is 1.23 bits per heavy atom. The average Bonchev–Trinajstić information content (AvgIpc) is 3.25. The zero-order valence-electron chi connectivity index (χ0n) is 16.7. The molecule has 0 spiro atoms. The topological polar surface area (TPSA) is 152 Å². The number of ether oxygens (including phenoxy) is 2. The maximum atomic E-state index is 11.6. The first kappa shape index (κ1) is 21.3. The molecule has 0 saturated carbocycles.